The van der Waals surface area contributed by atoms with Gasteiger partial charge in [0.25, 0.3) is 0 Å². The molecule has 1 rings (SSSR count). The van der Waals surface area contributed by atoms with Gasteiger partial charge < -0.3 is 11.6 Å². The summed E-state index contributed by atoms with van der Waals surface area (Å²) in [5.74, 6) is -1.01. The van der Waals surface area contributed by atoms with Crippen LogP contribution in [0.5, 0.6) is 0 Å². The van der Waals surface area contributed by atoms with Crippen molar-refractivity contribution in [1.29, 1.82) is 0 Å². The van der Waals surface area contributed by atoms with Gasteiger partial charge in [0.1, 0.15) is 0 Å². The number of carbonyl (C=O) groups is 1. The first-order valence-corrected chi connectivity index (χ1v) is 6.06. The van der Waals surface area contributed by atoms with Gasteiger partial charge in [-0.3, -0.25) is 0 Å². The Morgan fingerprint density at radius 2 is 2.18 bits per heavy atom. The maximum absolute atomic E-state index is 11.0. The molecule has 0 saturated carbocycles. The summed E-state index contributed by atoms with van der Waals surface area (Å²) in [6, 6.07) is 4.93. The molecule has 0 fully saturated rings. The van der Waals surface area contributed by atoms with E-state index in [0.29, 0.717) is 16.5 Å². The molecule has 0 spiro atoms. The molecule has 0 amide bonds. The fourth-order valence-corrected chi connectivity index (χ4v) is 1.92. The zero-order valence-electron chi connectivity index (χ0n) is 11.1. The summed E-state index contributed by atoms with van der Waals surface area (Å²) in [6.07, 6.45) is 1.77. The molecule has 0 saturated heterocycles. The van der Waals surface area contributed by atoms with Crippen LogP contribution in [0, 0.1) is 0 Å². The zero-order valence-corrected chi connectivity index (χ0v) is 13.7. The Labute approximate surface area is 133 Å². The fraction of sp³-hybridized carbons (Fsp3) is 0.417. The van der Waals surface area contributed by atoms with Crippen molar-refractivity contribution < 1.29 is 46.0 Å². The Balaban J connectivity index is 0. The molecule has 0 aliphatic rings. The van der Waals surface area contributed by atoms with Gasteiger partial charge in [-0.25, -0.2) is 4.79 Å². The Bertz CT molecular complexity index is 388. The van der Waals surface area contributed by atoms with E-state index in [1.165, 1.54) is 6.07 Å². The number of carboxylic acids is 1. The Hall–Kier alpha value is 0.130. The molecule has 0 aliphatic heterocycles. The molecule has 1 atom stereocenters. The predicted molar refractivity (Wildman–Crippen MR) is 66.7 cm³/mol. The maximum Gasteiger partial charge on any atom is 1.00 e. The summed E-state index contributed by atoms with van der Waals surface area (Å²) in [7, 11) is 0. The molecule has 0 aromatic heterocycles. The second kappa shape index (κ2) is 8.27. The van der Waals surface area contributed by atoms with Gasteiger partial charge in [0.2, 0.25) is 0 Å². The van der Waals surface area contributed by atoms with Gasteiger partial charge in [-0.15, -0.1) is 0 Å². The molecule has 90 valence electrons. The molecule has 17 heavy (non-hydrogen) atoms. The molecule has 0 radical (unpaired) electrons. The third-order valence-electron chi connectivity index (χ3n) is 2.44. The van der Waals surface area contributed by atoms with Gasteiger partial charge in [0.15, 0.2) is 0 Å². The van der Waals surface area contributed by atoms with Crippen LogP contribution in [0.25, 0.3) is 0 Å². The third kappa shape index (κ3) is 5.10. The second-order valence-electron chi connectivity index (χ2n) is 3.69. The smallest absolute Gasteiger partial charge is 1.00 e. The van der Waals surface area contributed by atoms with Crippen LogP contribution in [0.3, 0.4) is 0 Å². The summed E-state index contributed by atoms with van der Waals surface area (Å²) in [6.45, 7) is 2.03. The summed E-state index contributed by atoms with van der Waals surface area (Å²) in [4.78, 5) is 11.0. The van der Waals surface area contributed by atoms with E-state index in [1.807, 2.05) is 6.92 Å². The normalized spacial score (nSPS) is 11.7. The van der Waals surface area contributed by atoms with Gasteiger partial charge in [-0.2, -0.15) is 0 Å². The molecule has 3 nitrogen and oxygen atoms in total. The molecule has 2 N–H and O–H groups in total. The van der Waals surface area contributed by atoms with Crippen LogP contribution < -0.4 is 29.6 Å². The van der Waals surface area contributed by atoms with Crippen molar-refractivity contribution in [3.63, 3.8) is 0 Å². The number of halogens is 1. The van der Waals surface area contributed by atoms with Crippen LogP contribution in [0.1, 0.15) is 49.6 Å². The van der Waals surface area contributed by atoms with Crippen molar-refractivity contribution in [3.05, 3.63) is 33.8 Å². The van der Waals surface area contributed by atoms with Gasteiger partial charge in [0, 0.05) is 4.47 Å². The SMILES string of the molecule is CCCCC(O)c1ccc(Br)cc1C(=O)O.[H-].[Na+]. The largest absolute Gasteiger partial charge is 1.00 e. The molecule has 0 aliphatic carbocycles. The fourth-order valence-electron chi connectivity index (χ4n) is 1.56. The van der Waals surface area contributed by atoms with Gasteiger partial charge in [0.05, 0.1) is 11.7 Å². The number of carboxylic acid groups (broad SMARTS) is 1. The van der Waals surface area contributed by atoms with E-state index in [4.69, 9.17) is 5.11 Å². The molecular formula is C12H16BrNaO3. The van der Waals surface area contributed by atoms with Crippen LogP contribution in [0.2, 0.25) is 0 Å². The molecular weight excluding hydrogens is 295 g/mol. The van der Waals surface area contributed by atoms with Crippen molar-refractivity contribution in [3.8, 4) is 0 Å². The number of rotatable bonds is 5. The predicted octanol–water partition coefficient (Wildman–Crippen LogP) is 0.487. The zero-order chi connectivity index (χ0) is 12.1. The average molecular weight is 311 g/mol. The second-order valence-corrected chi connectivity index (χ2v) is 4.61. The van der Waals surface area contributed by atoms with E-state index in [1.54, 1.807) is 12.1 Å². The van der Waals surface area contributed by atoms with E-state index < -0.39 is 12.1 Å². The van der Waals surface area contributed by atoms with Gasteiger partial charge in [-0.1, -0.05) is 41.8 Å². The van der Waals surface area contributed by atoms with Crippen LogP contribution >= 0.6 is 15.9 Å². The number of aromatic carboxylic acids is 1. The van der Waals surface area contributed by atoms with Crippen molar-refractivity contribution in [2.24, 2.45) is 0 Å². The van der Waals surface area contributed by atoms with Crippen molar-refractivity contribution in [2.45, 2.75) is 32.3 Å². The van der Waals surface area contributed by atoms with E-state index in [0.717, 1.165) is 12.8 Å². The molecule has 1 unspecified atom stereocenters. The summed E-state index contributed by atoms with van der Waals surface area (Å²) in [5, 5.41) is 18.9. The van der Waals surface area contributed by atoms with Crippen LogP contribution in [-0.4, -0.2) is 16.2 Å². The summed E-state index contributed by atoms with van der Waals surface area (Å²) >= 11 is 3.22. The molecule has 1 aromatic rings. The number of unbranched alkanes of at least 4 members (excludes halogenated alkanes) is 1. The minimum Gasteiger partial charge on any atom is -1.00 e. The topological polar surface area (TPSA) is 57.5 Å². The first-order chi connectivity index (χ1) is 7.56. The molecule has 5 heteroatoms. The van der Waals surface area contributed by atoms with Crippen LogP contribution in [0.4, 0.5) is 0 Å². The Morgan fingerprint density at radius 3 is 2.71 bits per heavy atom. The number of aliphatic hydroxyl groups excluding tert-OH is 1. The molecule has 0 bridgehead atoms. The minimum atomic E-state index is -1.01. The standard InChI is InChI=1S/C12H15BrO3.Na.H/c1-2-3-4-11(14)9-6-5-8(13)7-10(9)12(15)16;;/h5-7,11,14H,2-4H2,1H3,(H,15,16);;/q;+1;-1. The first kappa shape index (κ1) is 17.1. The Kier molecular flexibility index (Phi) is 8.33. The first-order valence-electron chi connectivity index (χ1n) is 5.27. The van der Waals surface area contributed by atoms with Gasteiger partial charge >= 0.3 is 35.5 Å². The maximum atomic E-state index is 11.0. The van der Waals surface area contributed by atoms with Crippen molar-refractivity contribution in [1.82, 2.24) is 0 Å². The van der Waals surface area contributed by atoms with Crippen molar-refractivity contribution in [2.75, 3.05) is 0 Å². The number of aliphatic hydroxyl groups is 1. The quantitative estimate of drug-likeness (QED) is 0.778. The van der Waals surface area contributed by atoms with E-state index in [9.17, 15) is 9.90 Å². The third-order valence-corrected chi connectivity index (χ3v) is 2.93. The van der Waals surface area contributed by atoms with E-state index >= 15 is 0 Å². The number of hydrogen-bond acceptors (Lipinski definition) is 2. The van der Waals surface area contributed by atoms with Crippen LogP contribution in [-0.2, 0) is 0 Å². The Morgan fingerprint density at radius 1 is 1.53 bits per heavy atom. The average Bonchev–Trinajstić information content (AvgIpc) is 2.25. The summed E-state index contributed by atoms with van der Waals surface area (Å²) in [5.41, 5.74) is 0.655. The number of hydrogen-bond donors (Lipinski definition) is 2. The molecule has 1 aromatic carbocycles. The van der Waals surface area contributed by atoms with Crippen LogP contribution in [0.15, 0.2) is 22.7 Å². The number of benzene rings is 1. The van der Waals surface area contributed by atoms with E-state index in [2.05, 4.69) is 15.9 Å². The monoisotopic (exact) mass is 310 g/mol. The molecule has 0 heterocycles. The van der Waals surface area contributed by atoms with E-state index in [-0.39, 0.29) is 36.5 Å². The van der Waals surface area contributed by atoms with Crippen molar-refractivity contribution >= 4 is 21.9 Å². The van der Waals surface area contributed by atoms with Gasteiger partial charge in [-0.05, 0) is 24.1 Å². The summed E-state index contributed by atoms with van der Waals surface area (Å²) < 4.78 is 0.705. The minimum absolute atomic E-state index is 0.